The molecular weight excluding hydrogens is 399 g/mol. The number of nitrogens with one attached hydrogen (secondary N) is 2. The third-order valence-corrected chi connectivity index (χ3v) is 5.16. The van der Waals surface area contributed by atoms with Crippen LogP contribution in [0.5, 0.6) is 0 Å². The molecular formula is C20H16F3N5S. The van der Waals surface area contributed by atoms with E-state index in [-0.39, 0.29) is 12.4 Å². The maximum Gasteiger partial charge on any atom is 0.419 e. The van der Waals surface area contributed by atoms with Crippen LogP contribution in [0.1, 0.15) is 5.56 Å². The lowest BCUT2D eigenvalue weighted by Gasteiger charge is -2.14. The largest absolute Gasteiger partial charge is 0.419 e. The van der Waals surface area contributed by atoms with Crippen molar-refractivity contribution in [2.45, 2.75) is 6.18 Å². The number of hydrogen-bond acceptors (Lipinski definition) is 6. The summed E-state index contributed by atoms with van der Waals surface area (Å²) in [6.07, 6.45) is -1.65. The minimum atomic E-state index is -4.45. The lowest BCUT2D eigenvalue weighted by atomic mass is 10.1. The highest BCUT2D eigenvalue weighted by Crippen LogP contribution is 2.36. The van der Waals surface area contributed by atoms with Gasteiger partial charge in [-0.25, -0.2) is 15.0 Å². The predicted molar refractivity (Wildman–Crippen MR) is 109 cm³/mol. The highest BCUT2D eigenvalue weighted by Gasteiger charge is 2.33. The molecule has 0 bridgehead atoms. The maximum atomic E-state index is 13.1. The molecule has 0 aliphatic rings. The number of thiophene rings is 1. The topological polar surface area (TPSA) is 62.7 Å². The number of nitrogens with zero attached hydrogens (tertiary/aromatic N) is 3. The Kier molecular flexibility index (Phi) is 5.30. The van der Waals surface area contributed by atoms with E-state index < -0.39 is 11.7 Å². The quantitative estimate of drug-likeness (QED) is 0.419. The van der Waals surface area contributed by atoms with Crippen LogP contribution < -0.4 is 10.6 Å². The van der Waals surface area contributed by atoms with E-state index in [0.29, 0.717) is 12.4 Å². The van der Waals surface area contributed by atoms with Gasteiger partial charge in [0.2, 0.25) is 0 Å². The number of fused-ring (bicyclic) bond motifs is 1. The van der Waals surface area contributed by atoms with E-state index in [1.165, 1.54) is 29.9 Å². The van der Waals surface area contributed by atoms with Crippen molar-refractivity contribution in [3.63, 3.8) is 0 Å². The van der Waals surface area contributed by atoms with Crippen molar-refractivity contribution in [2.24, 2.45) is 0 Å². The molecule has 0 saturated heterocycles. The first-order valence-electron chi connectivity index (χ1n) is 8.81. The molecule has 2 N–H and O–H groups in total. The Hall–Kier alpha value is -3.20. The van der Waals surface area contributed by atoms with Crippen molar-refractivity contribution in [3.8, 4) is 11.1 Å². The number of hydrogen-bond donors (Lipinski definition) is 2. The second-order valence-electron chi connectivity index (χ2n) is 6.17. The Bertz CT molecular complexity index is 1110. The van der Waals surface area contributed by atoms with Crippen LogP contribution in [0.2, 0.25) is 0 Å². The minimum absolute atomic E-state index is 0.185. The van der Waals surface area contributed by atoms with E-state index in [1.807, 2.05) is 35.7 Å². The Morgan fingerprint density at radius 2 is 1.62 bits per heavy atom. The molecule has 3 aromatic heterocycles. The van der Waals surface area contributed by atoms with E-state index in [2.05, 4.69) is 25.6 Å². The summed E-state index contributed by atoms with van der Waals surface area (Å²) in [5.41, 5.74) is 1.29. The van der Waals surface area contributed by atoms with Gasteiger partial charge in [-0.05, 0) is 17.7 Å². The molecule has 4 rings (SSSR count). The first-order chi connectivity index (χ1) is 14.0. The fourth-order valence-corrected chi connectivity index (χ4v) is 3.89. The van der Waals surface area contributed by atoms with Crippen LogP contribution in [0.15, 0.2) is 60.4 Å². The summed E-state index contributed by atoms with van der Waals surface area (Å²) in [4.78, 5) is 13.3. The molecule has 0 atom stereocenters. The van der Waals surface area contributed by atoms with Crippen LogP contribution in [-0.2, 0) is 6.18 Å². The molecule has 148 valence electrons. The normalized spacial score (nSPS) is 11.6. The average Bonchev–Trinajstić information content (AvgIpc) is 3.16. The van der Waals surface area contributed by atoms with E-state index >= 15 is 0 Å². The molecule has 29 heavy (non-hydrogen) atoms. The van der Waals surface area contributed by atoms with Crippen molar-refractivity contribution >= 4 is 33.2 Å². The van der Waals surface area contributed by atoms with E-state index in [0.717, 1.165) is 27.4 Å². The molecule has 0 unspecified atom stereocenters. The van der Waals surface area contributed by atoms with Gasteiger partial charge in [-0.1, -0.05) is 30.3 Å². The molecule has 1 aromatic carbocycles. The molecule has 0 saturated carbocycles. The van der Waals surface area contributed by atoms with E-state index in [4.69, 9.17) is 0 Å². The molecule has 0 aliphatic heterocycles. The molecule has 0 spiro atoms. The highest BCUT2D eigenvalue weighted by atomic mass is 32.1. The Morgan fingerprint density at radius 3 is 2.38 bits per heavy atom. The van der Waals surface area contributed by atoms with Crippen LogP contribution in [0, 0.1) is 0 Å². The second kappa shape index (κ2) is 8.04. The lowest BCUT2D eigenvalue weighted by Crippen LogP contribution is -2.18. The Morgan fingerprint density at radius 1 is 0.862 bits per heavy atom. The van der Waals surface area contributed by atoms with E-state index in [1.54, 1.807) is 0 Å². The van der Waals surface area contributed by atoms with Gasteiger partial charge < -0.3 is 10.6 Å². The van der Waals surface area contributed by atoms with E-state index in [9.17, 15) is 13.2 Å². The highest BCUT2D eigenvalue weighted by molar-refractivity contribution is 7.17. The van der Waals surface area contributed by atoms with Gasteiger partial charge in [0.1, 0.15) is 22.8 Å². The first kappa shape index (κ1) is 19.1. The van der Waals surface area contributed by atoms with Crippen LogP contribution in [0.25, 0.3) is 21.3 Å². The summed E-state index contributed by atoms with van der Waals surface area (Å²) in [6, 6.07) is 12.2. The number of benzene rings is 1. The molecule has 4 aromatic rings. The molecule has 5 nitrogen and oxygen atoms in total. The Labute approximate surface area is 168 Å². The zero-order valence-corrected chi connectivity index (χ0v) is 15.9. The van der Waals surface area contributed by atoms with Gasteiger partial charge in [0, 0.05) is 30.2 Å². The summed E-state index contributed by atoms with van der Waals surface area (Å²) < 4.78 is 39.2. The van der Waals surface area contributed by atoms with Gasteiger partial charge in [-0.2, -0.15) is 13.2 Å². The van der Waals surface area contributed by atoms with Crippen LogP contribution in [0.3, 0.4) is 0 Å². The number of rotatable bonds is 6. The molecule has 0 fully saturated rings. The summed E-state index contributed by atoms with van der Waals surface area (Å²) in [6.45, 7) is 0.612. The fraction of sp³-hybridized carbons (Fsp3) is 0.150. The molecule has 3 heterocycles. The summed E-state index contributed by atoms with van der Waals surface area (Å²) >= 11 is 1.52. The molecule has 9 heteroatoms. The predicted octanol–water partition coefficient (Wildman–Crippen LogP) is 5.30. The van der Waals surface area contributed by atoms with Gasteiger partial charge in [0.25, 0.3) is 0 Å². The van der Waals surface area contributed by atoms with Crippen molar-refractivity contribution in [1.82, 2.24) is 15.0 Å². The van der Waals surface area contributed by atoms with Gasteiger partial charge in [-0.15, -0.1) is 11.3 Å². The summed E-state index contributed by atoms with van der Waals surface area (Å²) in [5, 5.41) is 8.87. The number of pyridine rings is 1. The van der Waals surface area contributed by atoms with Gasteiger partial charge >= 0.3 is 6.18 Å². The fourth-order valence-electron chi connectivity index (χ4n) is 2.98. The van der Waals surface area contributed by atoms with Crippen LogP contribution in [0.4, 0.5) is 24.8 Å². The molecule has 0 aliphatic carbocycles. The Balaban J connectivity index is 1.50. The van der Waals surface area contributed by atoms with Crippen molar-refractivity contribution in [1.29, 1.82) is 0 Å². The molecule has 0 amide bonds. The van der Waals surface area contributed by atoms with Crippen molar-refractivity contribution in [2.75, 3.05) is 23.7 Å². The van der Waals surface area contributed by atoms with Crippen molar-refractivity contribution < 1.29 is 13.2 Å². The van der Waals surface area contributed by atoms with Gasteiger partial charge in [-0.3, -0.25) is 0 Å². The third-order valence-electron chi connectivity index (χ3n) is 4.28. The average molecular weight is 415 g/mol. The summed E-state index contributed by atoms with van der Waals surface area (Å²) in [7, 11) is 0. The van der Waals surface area contributed by atoms with Gasteiger partial charge in [0.05, 0.1) is 10.9 Å². The zero-order chi connectivity index (χ0) is 20.3. The zero-order valence-electron chi connectivity index (χ0n) is 15.1. The maximum absolute atomic E-state index is 13.1. The third kappa shape index (κ3) is 4.14. The monoisotopic (exact) mass is 415 g/mol. The number of anilines is 2. The lowest BCUT2D eigenvalue weighted by molar-refractivity contribution is -0.137. The van der Waals surface area contributed by atoms with Crippen molar-refractivity contribution in [3.05, 3.63) is 65.9 Å². The number of alkyl halides is 3. The van der Waals surface area contributed by atoms with Crippen LogP contribution in [-0.4, -0.2) is 28.0 Å². The van der Waals surface area contributed by atoms with Crippen LogP contribution >= 0.6 is 11.3 Å². The smallest absolute Gasteiger partial charge is 0.368 e. The minimum Gasteiger partial charge on any atom is -0.368 e. The SMILES string of the molecule is FC(F)(F)c1cccnc1NCCNc1ncnc2scc(-c3ccccc3)c12. The number of aromatic nitrogens is 3. The summed E-state index contributed by atoms with van der Waals surface area (Å²) in [5.74, 6) is 0.462. The first-order valence-corrected chi connectivity index (χ1v) is 9.69. The van der Waals surface area contributed by atoms with Gasteiger partial charge in [0.15, 0.2) is 0 Å². The standard InChI is InChI=1S/C20H16F3N5S/c21-20(22,23)15-7-4-8-24-17(15)25-9-10-26-18-16-14(13-5-2-1-3-6-13)11-29-19(16)28-12-27-18/h1-8,11-12H,9-10H2,(H,24,25)(H,26,27,28). The molecule has 0 radical (unpaired) electrons. The number of halogens is 3. The second-order valence-corrected chi connectivity index (χ2v) is 7.03.